The largest absolute Gasteiger partial charge is 0.454 e. The van der Waals surface area contributed by atoms with Crippen LogP contribution >= 0.6 is 11.6 Å². The van der Waals surface area contributed by atoms with Gasteiger partial charge in [-0.1, -0.05) is 35.9 Å². The first-order valence-electron chi connectivity index (χ1n) is 10.5. The Morgan fingerprint density at radius 2 is 1.84 bits per heavy atom. The van der Waals surface area contributed by atoms with Gasteiger partial charge < -0.3 is 19.3 Å². The molecule has 2 aromatic carbocycles. The summed E-state index contributed by atoms with van der Waals surface area (Å²) in [6.07, 6.45) is -0.0701. The number of carbonyl (C=O) groups excluding carboxylic acids is 2. The van der Waals surface area contributed by atoms with Gasteiger partial charge in [0.1, 0.15) is 11.7 Å². The van der Waals surface area contributed by atoms with Gasteiger partial charge in [-0.25, -0.2) is 9.59 Å². The number of ether oxygens (including phenoxy) is 2. The SMILES string of the molecule is CC(C)(C)OC(=O)N1CCN(c2ccc3c(c2)C(=O)OC3Cc2ccccc2Cl)CC1. The maximum atomic E-state index is 12.5. The number of nitrogens with zero attached hydrogens (tertiary/aromatic N) is 2. The Morgan fingerprint density at radius 1 is 1.13 bits per heavy atom. The van der Waals surface area contributed by atoms with Crippen molar-refractivity contribution < 1.29 is 19.1 Å². The first kappa shape index (κ1) is 21.5. The third-order valence-electron chi connectivity index (χ3n) is 5.51. The summed E-state index contributed by atoms with van der Waals surface area (Å²) >= 11 is 6.28. The molecule has 6 nitrogen and oxygen atoms in total. The van der Waals surface area contributed by atoms with Gasteiger partial charge in [0.05, 0.1) is 5.56 Å². The maximum absolute atomic E-state index is 12.5. The molecular weight excluding hydrogens is 416 g/mol. The molecule has 2 aliphatic heterocycles. The highest BCUT2D eigenvalue weighted by molar-refractivity contribution is 6.31. The molecule has 2 aromatic rings. The standard InChI is InChI=1S/C24H27ClN2O4/c1-24(2,3)31-23(29)27-12-10-26(11-13-27)17-8-9-18-19(15-17)22(28)30-21(18)14-16-6-4-5-7-20(16)25/h4-9,15,21H,10-14H2,1-3H3. The Labute approximate surface area is 187 Å². The summed E-state index contributed by atoms with van der Waals surface area (Å²) in [5.74, 6) is -0.304. The molecule has 0 radical (unpaired) electrons. The summed E-state index contributed by atoms with van der Waals surface area (Å²) in [6, 6.07) is 13.5. The van der Waals surface area contributed by atoms with Crippen molar-refractivity contribution in [1.29, 1.82) is 0 Å². The van der Waals surface area contributed by atoms with Gasteiger partial charge in [0.15, 0.2) is 0 Å². The molecule has 1 fully saturated rings. The summed E-state index contributed by atoms with van der Waals surface area (Å²) < 4.78 is 11.1. The van der Waals surface area contributed by atoms with E-state index >= 15 is 0 Å². The molecule has 7 heteroatoms. The molecule has 0 aromatic heterocycles. The van der Waals surface area contributed by atoms with Crippen molar-refractivity contribution in [1.82, 2.24) is 4.90 Å². The minimum absolute atomic E-state index is 0.285. The van der Waals surface area contributed by atoms with E-state index in [9.17, 15) is 9.59 Å². The zero-order chi connectivity index (χ0) is 22.2. The molecule has 0 bridgehead atoms. The molecule has 0 spiro atoms. The summed E-state index contributed by atoms with van der Waals surface area (Å²) in [5, 5.41) is 0.673. The number of piperazine rings is 1. The quantitative estimate of drug-likeness (QED) is 0.636. The van der Waals surface area contributed by atoms with E-state index in [1.807, 2.05) is 63.2 Å². The lowest BCUT2D eigenvalue weighted by atomic mass is 9.98. The number of cyclic esters (lactones) is 1. The van der Waals surface area contributed by atoms with Crippen molar-refractivity contribution in [3.63, 3.8) is 0 Å². The van der Waals surface area contributed by atoms with Crippen molar-refractivity contribution in [3.05, 3.63) is 64.2 Å². The number of benzene rings is 2. The second-order valence-corrected chi connectivity index (χ2v) is 9.32. The van der Waals surface area contributed by atoms with Gasteiger partial charge in [-0.3, -0.25) is 0 Å². The van der Waals surface area contributed by atoms with E-state index < -0.39 is 5.60 Å². The van der Waals surface area contributed by atoms with E-state index in [-0.39, 0.29) is 18.2 Å². The van der Waals surface area contributed by atoms with Crippen LogP contribution in [-0.4, -0.2) is 48.7 Å². The van der Waals surface area contributed by atoms with Crippen LogP contribution in [0.15, 0.2) is 42.5 Å². The highest BCUT2D eigenvalue weighted by atomic mass is 35.5. The number of halogens is 1. The van der Waals surface area contributed by atoms with E-state index in [1.54, 1.807) is 4.90 Å². The number of fused-ring (bicyclic) bond motifs is 1. The van der Waals surface area contributed by atoms with Crippen LogP contribution in [0.4, 0.5) is 10.5 Å². The van der Waals surface area contributed by atoms with Gasteiger partial charge in [0.25, 0.3) is 0 Å². The first-order chi connectivity index (χ1) is 14.7. The Kier molecular flexibility index (Phi) is 5.84. The molecule has 1 saturated heterocycles. The predicted octanol–water partition coefficient (Wildman–Crippen LogP) is 4.85. The molecule has 31 heavy (non-hydrogen) atoms. The first-order valence-corrected chi connectivity index (χ1v) is 10.9. The number of rotatable bonds is 3. The molecular formula is C24H27ClN2O4. The minimum Gasteiger partial charge on any atom is -0.454 e. The minimum atomic E-state index is -0.505. The molecule has 2 heterocycles. The van der Waals surface area contributed by atoms with Crippen LogP contribution < -0.4 is 4.90 Å². The molecule has 2 aliphatic rings. The lowest BCUT2D eigenvalue weighted by Crippen LogP contribution is -2.50. The van der Waals surface area contributed by atoms with Crippen LogP contribution in [0.3, 0.4) is 0 Å². The molecule has 1 amide bonds. The van der Waals surface area contributed by atoms with Crippen LogP contribution in [-0.2, 0) is 15.9 Å². The van der Waals surface area contributed by atoms with Crippen LogP contribution in [0.25, 0.3) is 0 Å². The van der Waals surface area contributed by atoms with Crippen molar-refractivity contribution in [3.8, 4) is 0 Å². The maximum Gasteiger partial charge on any atom is 0.410 e. The zero-order valence-electron chi connectivity index (χ0n) is 18.1. The summed E-state index contributed by atoms with van der Waals surface area (Å²) in [5.41, 5.74) is 2.90. The number of esters is 1. The molecule has 0 aliphatic carbocycles. The lowest BCUT2D eigenvalue weighted by Gasteiger charge is -2.36. The molecule has 0 saturated carbocycles. The topological polar surface area (TPSA) is 59.1 Å². The highest BCUT2D eigenvalue weighted by Crippen LogP contribution is 2.36. The lowest BCUT2D eigenvalue weighted by molar-refractivity contribution is 0.0240. The number of anilines is 1. The molecule has 1 atom stereocenters. The number of hydrogen-bond donors (Lipinski definition) is 0. The predicted molar refractivity (Wildman–Crippen MR) is 120 cm³/mol. The van der Waals surface area contributed by atoms with E-state index in [2.05, 4.69) is 4.90 Å². The average molecular weight is 443 g/mol. The van der Waals surface area contributed by atoms with Crippen LogP contribution in [0.5, 0.6) is 0 Å². The second-order valence-electron chi connectivity index (χ2n) is 8.92. The third kappa shape index (κ3) is 4.79. The summed E-state index contributed by atoms with van der Waals surface area (Å²) in [6.45, 7) is 8.10. The Bertz CT molecular complexity index is 993. The van der Waals surface area contributed by atoms with Crippen LogP contribution in [0.2, 0.25) is 5.02 Å². The fourth-order valence-electron chi connectivity index (χ4n) is 3.94. The van der Waals surface area contributed by atoms with Gasteiger partial charge in [0, 0.05) is 48.9 Å². The number of amides is 1. The summed E-state index contributed by atoms with van der Waals surface area (Å²) in [4.78, 5) is 28.7. The fourth-order valence-corrected chi connectivity index (χ4v) is 4.16. The van der Waals surface area contributed by atoms with Crippen LogP contribution in [0.1, 0.15) is 48.4 Å². The van der Waals surface area contributed by atoms with Gasteiger partial charge in [0.2, 0.25) is 0 Å². The molecule has 1 unspecified atom stereocenters. The van der Waals surface area contributed by atoms with Crippen molar-refractivity contribution in [2.75, 3.05) is 31.1 Å². The van der Waals surface area contributed by atoms with E-state index in [4.69, 9.17) is 21.1 Å². The molecule has 4 rings (SSSR count). The van der Waals surface area contributed by atoms with Crippen molar-refractivity contribution >= 4 is 29.4 Å². The van der Waals surface area contributed by atoms with Gasteiger partial charge in [-0.15, -0.1) is 0 Å². The van der Waals surface area contributed by atoms with E-state index in [0.717, 1.165) is 16.8 Å². The van der Waals surface area contributed by atoms with Crippen molar-refractivity contribution in [2.45, 2.75) is 38.9 Å². The smallest absolute Gasteiger partial charge is 0.410 e. The Hall–Kier alpha value is -2.73. The molecule has 0 N–H and O–H groups in total. The van der Waals surface area contributed by atoms with E-state index in [1.165, 1.54) is 0 Å². The molecule has 164 valence electrons. The summed E-state index contributed by atoms with van der Waals surface area (Å²) in [7, 11) is 0. The normalized spacial score (nSPS) is 18.6. The van der Waals surface area contributed by atoms with Gasteiger partial charge in [-0.2, -0.15) is 0 Å². The zero-order valence-corrected chi connectivity index (χ0v) is 18.8. The van der Waals surface area contributed by atoms with Gasteiger partial charge in [-0.05, 0) is 44.5 Å². The fraction of sp³-hybridized carbons (Fsp3) is 0.417. The van der Waals surface area contributed by atoms with E-state index in [0.29, 0.717) is 43.2 Å². The highest BCUT2D eigenvalue weighted by Gasteiger charge is 2.33. The van der Waals surface area contributed by atoms with Gasteiger partial charge >= 0.3 is 12.1 Å². The third-order valence-corrected chi connectivity index (χ3v) is 5.88. The Balaban J connectivity index is 1.43. The van der Waals surface area contributed by atoms with Crippen LogP contribution in [0, 0.1) is 0 Å². The Morgan fingerprint density at radius 3 is 2.52 bits per heavy atom. The average Bonchev–Trinajstić information content (AvgIpc) is 3.03. The number of hydrogen-bond acceptors (Lipinski definition) is 5. The van der Waals surface area contributed by atoms with Crippen molar-refractivity contribution in [2.24, 2.45) is 0 Å². The second kappa shape index (κ2) is 8.42. The number of carbonyl (C=O) groups is 2. The monoisotopic (exact) mass is 442 g/mol.